The lowest BCUT2D eigenvalue weighted by atomic mass is 10.2. The number of ether oxygens (including phenoxy) is 1. The summed E-state index contributed by atoms with van der Waals surface area (Å²) in [5, 5.41) is 6.12. The summed E-state index contributed by atoms with van der Waals surface area (Å²) in [5.41, 5.74) is 1.88. The summed E-state index contributed by atoms with van der Waals surface area (Å²) in [7, 11) is 0. The first-order chi connectivity index (χ1) is 11.2. The van der Waals surface area contributed by atoms with Gasteiger partial charge in [-0.3, -0.25) is 4.79 Å². The third-order valence-electron chi connectivity index (χ3n) is 3.65. The maximum atomic E-state index is 12.2. The molecule has 1 heterocycles. The molecular formula is C18H20N2O2S. The van der Waals surface area contributed by atoms with Gasteiger partial charge in [0.2, 0.25) is 0 Å². The molecule has 1 unspecified atom stereocenters. The van der Waals surface area contributed by atoms with Gasteiger partial charge in [0.15, 0.2) is 0 Å². The quantitative estimate of drug-likeness (QED) is 0.906. The minimum absolute atomic E-state index is 0.0937. The zero-order chi connectivity index (χ0) is 16.1. The van der Waals surface area contributed by atoms with Gasteiger partial charge in [-0.15, -0.1) is 0 Å². The minimum Gasteiger partial charge on any atom is -0.366 e. The van der Waals surface area contributed by atoms with Crippen molar-refractivity contribution in [3.05, 3.63) is 54.1 Å². The number of hydrogen-bond donors (Lipinski definition) is 2. The Hall–Kier alpha value is -1.82. The van der Waals surface area contributed by atoms with Crippen LogP contribution < -0.4 is 10.6 Å². The summed E-state index contributed by atoms with van der Waals surface area (Å²) in [6.45, 7) is 3.94. The van der Waals surface area contributed by atoms with E-state index in [4.69, 9.17) is 4.74 Å². The number of amides is 1. The zero-order valence-corrected chi connectivity index (χ0v) is 13.9. The molecule has 1 aliphatic heterocycles. The molecule has 1 fully saturated rings. The summed E-state index contributed by atoms with van der Waals surface area (Å²) in [4.78, 5) is 14.6. The Morgan fingerprint density at radius 3 is 2.74 bits per heavy atom. The van der Waals surface area contributed by atoms with E-state index in [1.807, 2.05) is 37.3 Å². The number of rotatable bonds is 4. The van der Waals surface area contributed by atoms with E-state index < -0.39 is 6.10 Å². The van der Waals surface area contributed by atoms with Gasteiger partial charge in [-0.1, -0.05) is 30.0 Å². The maximum Gasteiger partial charge on any atom is 0.254 e. The molecule has 3 rings (SSSR count). The minimum atomic E-state index is -0.415. The van der Waals surface area contributed by atoms with Gasteiger partial charge in [-0.25, -0.2) is 0 Å². The van der Waals surface area contributed by atoms with Gasteiger partial charge in [0.25, 0.3) is 5.91 Å². The Balaban J connectivity index is 1.66. The highest BCUT2D eigenvalue weighted by Gasteiger charge is 2.22. The van der Waals surface area contributed by atoms with Gasteiger partial charge in [0.1, 0.15) is 6.10 Å². The first-order valence-corrected chi connectivity index (χ1v) is 8.51. The molecule has 1 aliphatic rings. The standard InChI is InChI=1S/C18H20N2O2S/c1-13-11-15(23-14-5-3-2-4-6-14)7-8-16(13)20-18(21)17-12-19-9-10-22-17/h2-8,11,17,19H,9-10,12H2,1H3,(H,20,21). The summed E-state index contributed by atoms with van der Waals surface area (Å²) in [5.74, 6) is -0.0937. The van der Waals surface area contributed by atoms with Crippen molar-refractivity contribution in [3.8, 4) is 0 Å². The van der Waals surface area contributed by atoms with Gasteiger partial charge in [-0.2, -0.15) is 0 Å². The highest BCUT2D eigenvalue weighted by Crippen LogP contribution is 2.30. The van der Waals surface area contributed by atoms with E-state index in [0.717, 1.165) is 22.7 Å². The number of morpholine rings is 1. The molecule has 4 nitrogen and oxygen atoms in total. The molecule has 1 atom stereocenters. The van der Waals surface area contributed by atoms with Gasteiger partial charge >= 0.3 is 0 Å². The van der Waals surface area contributed by atoms with Crippen LogP contribution in [0.3, 0.4) is 0 Å². The Morgan fingerprint density at radius 1 is 1.22 bits per heavy atom. The lowest BCUT2D eigenvalue weighted by molar-refractivity contribution is -0.128. The fraction of sp³-hybridized carbons (Fsp3) is 0.278. The van der Waals surface area contributed by atoms with E-state index in [1.165, 1.54) is 4.90 Å². The van der Waals surface area contributed by atoms with Crippen molar-refractivity contribution in [2.75, 3.05) is 25.0 Å². The molecule has 2 aromatic carbocycles. The summed E-state index contributed by atoms with van der Waals surface area (Å²) in [6, 6.07) is 16.3. The van der Waals surface area contributed by atoms with Crippen molar-refractivity contribution in [3.63, 3.8) is 0 Å². The number of carbonyl (C=O) groups excluding carboxylic acids is 1. The third-order valence-corrected chi connectivity index (χ3v) is 4.65. The number of carbonyl (C=O) groups is 1. The molecule has 0 bridgehead atoms. The number of aryl methyl sites for hydroxylation is 1. The van der Waals surface area contributed by atoms with Gasteiger partial charge in [0, 0.05) is 28.6 Å². The molecule has 23 heavy (non-hydrogen) atoms. The van der Waals surface area contributed by atoms with Crippen molar-refractivity contribution >= 4 is 23.4 Å². The van der Waals surface area contributed by atoms with E-state index in [0.29, 0.717) is 13.2 Å². The number of hydrogen-bond acceptors (Lipinski definition) is 4. The lowest BCUT2D eigenvalue weighted by Crippen LogP contribution is -2.45. The number of anilines is 1. The van der Waals surface area contributed by atoms with Crippen LogP contribution in [0.25, 0.3) is 0 Å². The first kappa shape index (κ1) is 16.1. The Labute approximate surface area is 140 Å². The molecule has 1 saturated heterocycles. The van der Waals surface area contributed by atoms with E-state index in [-0.39, 0.29) is 5.91 Å². The SMILES string of the molecule is Cc1cc(Sc2ccccc2)ccc1NC(=O)C1CNCCO1. The van der Waals surface area contributed by atoms with Crippen molar-refractivity contribution in [2.45, 2.75) is 22.8 Å². The van der Waals surface area contributed by atoms with Crippen LogP contribution >= 0.6 is 11.8 Å². The average molecular weight is 328 g/mol. The highest BCUT2D eigenvalue weighted by atomic mass is 32.2. The monoisotopic (exact) mass is 328 g/mol. The molecule has 1 amide bonds. The van der Waals surface area contributed by atoms with Crippen molar-refractivity contribution in [2.24, 2.45) is 0 Å². The third kappa shape index (κ3) is 4.34. The molecular weight excluding hydrogens is 308 g/mol. The fourth-order valence-electron chi connectivity index (χ4n) is 2.41. The van der Waals surface area contributed by atoms with Crippen LogP contribution in [-0.4, -0.2) is 31.7 Å². The molecule has 0 spiro atoms. The average Bonchev–Trinajstić information content (AvgIpc) is 2.59. The molecule has 2 aromatic rings. The van der Waals surface area contributed by atoms with Gasteiger partial charge in [0.05, 0.1) is 6.61 Å². The summed E-state index contributed by atoms with van der Waals surface area (Å²) < 4.78 is 5.48. The second kappa shape index (κ2) is 7.64. The van der Waals surface area contributed by atoms with E-state index in [1.54, 1.807) is 11.8 Å². The second-order valence-electron chi connectivity index (χ2n) is 5.44. The van der Waals surface area contributed by atoms with Crippen molar-refractivity contribution < 1.29 is 9.53 Å². The van der Waals surface area contributed by atoms with Crippen molar-refractivity contribution in [1.82, 2.24) is 5.32 Å². The van der Waals surface area contributed by atoms with Crippen LogP contribution in [0.15, 0.2) is 58.3 Å². The van der Waals surface area contributed by atoms with Crippen LogP contribution in [0.1, 0.15) is 5.56 Å². The van der Waals surface area contributed by atoms with Crippen LogP contribution in [0, 0.1) is 6.92 Å². The van der Waals surface area contributed by atoms with Crippen molar-refractivity contribution in [1.29, 1.82) is 0 Å². The molecule has 5 heteroatoms. The highest BCUT2D eigenvalue weighted by molar-refractivity contribution is 7.99. The lowest BCUT2D eigenvalue weighted by Gasteiger charge is -2.23. The van der Waals surface area contributed by atoms with Crippen LogP contribution in [-0.2, 0) is 9.53 Å². The second-order valence-corrected chi connectivity index (χ2v) is 6.59. The molecule has 120 valence electrons. The van der Waals surface area contributed by atoms with Crippen LogP contribution in [0.4, 0.5) is 5.69 Å². The number of nitrogens with one attached hydrogen (secondary N) is 2. The topological polar surface area (TPSA) is 50.4 Å². The molecule has 0 saturated carbocycles. The van der Waals surface area contributed by atoms with Gasteiger partial charge < -0.3 is 15.4 Å². The largest absolute Gasteiger partial charge is 0.366 e. The normalized spacial score (nSPS) is 17.7. The Kier molecular flexibility index (Phi) is 5.33. The van der Waals surface area contributed by atoms with Gasteiger partial charge in [-0.05, 0) is 42.8 Å². The molecule has 2 N–H and O–H groups in total. The molecule has 0 aliphatic carbocycles. The van der Waals surface area contributed by atoms with Crippen LogP contribution in [0.5, 0.6) is 0 Å². The number of benzene rings is 2. The zero-order valence-electron chi connectivity index (χ0n) is 13.0. The first-order valence-electron chi connectivity index (χ1n) is 7.69. The van der Waals surface area contributed by atoms with E-state index in [9.17, 15) is 4.79 Å². The Bertz CT molecular complexity index is 670. The summed E-state index contributed by atoms with van der Waals surface area (Å²) >= 11 is 1.71. The fourth-order valence-corrected chi connectivity index (χ4v) is 3.35. The smallest absolute Gasteiger partial charge is 0.254 e. The maximum absolute atomic E-state index is 12.2. The molecule has 0 aromatic heterocycles. The summed E-state index contributed by atoms with van der Waals surface area (Å²) in [6.07, 6.45) is -0.415. The van der Waals surface area contributed by atoms with E-state index >= 15 is 0 Å². The predicted molar refractivity (Wildman–Crippen MR) is 93.0 cm³/mol. The van der Waals surface area contributed by atoms with Crippen LogP contribution in [0.2, 0.25) is 0 Å². The van der Waals surface area contributed by atoms with E-state index in [2.05, 4.69) is 28.8 Å². The molecule has 0 radical (unpaired) electrons. The Morgan fingerprint density at radius 2 is 2.04 bits per heavy atom. The predicted octanol–water partition coefficient (Wildman–Crippen LogP) is 3.07.